The SMILES string of the molecule is CC(COC1(c2ccc(Cl)cc2)c2ccc(Br)cc2C(=O)N1Cc1ccc(Cl)cn1)C(=O)O. The lowest BCUT2D eigenvalue weighted by molar-refractivity contribution is -0.152. The third-order valence-electron chi connectivity index (χ3n) is 5.51. The third kappa shape index (κ3) is 4.51. The summed E-state index contributed by atoms with van der Waals surface area (Å²) in [5.74, 6) is -2.05. The molecule has 0 aliphatic carbocycles. The Morgan fingerprint density at radius 2 is 1.85 bits per heavy atom. The number of hydrogen-bond donors (Lipinski definition) is 1. The molecule has 2 aromatic carbocycles. The molecular formula is C24H19BrCl2N2O4. The summed E-state index contributed by atoms with van der Waals surface area (Å²) in [5, 5.41) is 10.5. The Bertz CT molecular complexity index is 1200. The number of fused-ring (bicyclic) bond motifs is 1. The smallest absolute Gasteiger partial charge is 0.308 e. The molecule has 6 nitrogen and oxygen atoms in total. The second-order valence-corrected chi connectivity index (χ2v) is 9.54. The molecule has 1 aliphatic rings. The van der Waals surface area contributed by atoms with E-state index < -0.39 is 17.6 Å². The van der Waals surface area contributed by atoms with Gasteiger partial charge in [-0.25, -0.2) is 0 Å². The van der Waals surface area contributed by atoms with Crippen LogP contribution < -0.4 is 0 Å². The van der Waals surface area contributed by atoms with Crippen LogP contribution in [0.1, 0.15) is 34.1 Å². The van der Waals surface area contributed by atoms with Crippen LogP contribution in [0.15, 0.2) is 65.3 Å². The minimum atomic E-state index is -1.37. The molecular weight excluding hydrogens is 531 g/mol. The topological polar surface area (TPSA) is 79.7 Å². The number of benzene rings is 2. The number of aromatic nitrogens is 1. The number of amides is 1. The van der Waals surface area contributed by atoms with Crippen LogP contribution >= 0.6 is 39.1 Å². The number of carbonyl (C=O) groups is 2. The number of carboxylic acid groups (broad SMARTS) is 1. The number of rotatable bonds is 7. The van der Waals surface area contributed by atoms with Crippen molar-refractivity contribution in [1.29, 1.82) is 0 Å². The summed E-state index contributed by atoms with van der Waals surface area (Å²) < 4.78 is 7.14. The fraction of sp³-hybridized carbons (Fsp3) is 0.208. The van der Waals surface area contributed by atoms with Gasteiger partial charge in [0.25, 0.3) is 5.91 Å². The highest BCUT2D eigenvalue weighted by Crippen LogP contribution is 2.47. The molecule has 2 atom stereocenters. The van der Waals surface area contributed by atoms with E-state index in [2.05, 4.69) is 20.9 Å². The predicted molar refractivity (Wildman–Crippen MR) is 128 cm³/mol. The Hall–Kier alpha value is -2.45. The second-order valence-electron chi connectivity index (χ2n) is 7.75. The van der Waals surface area contributed by atoms with Gasteiger partial charge in [0.1, 0.15) is 0 Å². The van der Waals surface area contributed by atoms with Gasteiger partial charge in [-0.2, -0.15) is 0 Å². The van der Waals surface area contributed by atoms with Gasteiger partial charge in [-0.05, 0) is 43.3 Å². The summed E-state index contributed by atoms with van der Waals surface area (Å²) >= 11 is 15.6. The summed E-state index contributed by atoms with van der Waals surface area (Å²) in [4.78, 5) is 31.1. The molecule has 1 amide bonds. The zero-order valence-electron chi connectivity index (χ0n) is 17.5. The lowest BCUT2D eigenvalue weighted by atomic mass is 9.93. The van der Waals surface area contributed by atoms with Gasteiger partial charge in [0.15, 0.2) is 5.72 Å². The maximum absolute atomic E-state index is 13.7. The van der Waals surface area contributed by atoms with Crippen molar-refractivity contribution in [1.82, 2.24) is 9.88 Å². The summed E-state index contributed by atoms with van der Waals surface area (Å²) in [6, 6.07) is 15.8. The Balaban J connectivity index is 1.90. The van der Waals surface area contributed by atoms with Gasteiger partial charge in [0, 0.05) is 32.4 Å². The first-order valence-corrected chi connectivity index (χ1v) is 11.6. The molecule has 0 radical (unpaired) electrons. The quantitative estimate of drug-likeness (QED) is 0.406. The first kappa shape index (κ1) is 23.7. The van der Waals surface area contributed by atoms with Crippen LogP contribution in [0.25, 0.3) is 0 Å². The highest BCUT2D eigenvalue weighted by Gasteiger charge is 2.52. The number of ether oxygens (including phenoxy) is 1. The molecule has 33 heavy (non-hydrogen) atoms. The van der Waals surface area contributed by atoms with E-state index in [0.717, 1.165) is 4.47 Å². The monoisotopic (exact) mass is 548 g/mol. The van der Waals surface area contributed by atoms with Crippen LogP contribution in [-0.4, -0.2) is 33.5 Å². The van der Waals surface area contributed by atoms with Crippen LogP contribution in [0.2, 0.25) is 10.0 Å². The third-order valence-corrected chi connectivity index (χ3v) is 6.48. The average Bonchev–Trinajstić information content (AvgIpc) is 3.02. The maximum Gasteiger partial charge on any atom is 0.308 e. The Morgan fingerprint density at radius 3 is 2.48 bits per heavy atom. The zero-order chi connectivity index (χ0) is 23.8. The fourth-order valence-electron chi connectivity index (χ4n) is 3.81. The summed E-state index contributed by atoms with van der Waals surface area (Å²) in [7, 11) is 0. The normalized spacial score (nSPS) is 18.3. The first-order valence-electron chi connectivity index (χ1n) is 10.1. The van der Waals surface area contributed by atoms with Gasteiger partial charge >= 0.3 is 5.97 Å². The molecule has 0 saturated carbocycles. The average molecular weight is 550 g/mol. The molecule has 2 unspecified atom stereocenters. The molecule has 1 aromatic heterocycles. The van der Waals surface area contributed by atoms with E-state index in [9.17, 15) is 14.7 Å². The molecule has 0 saturated heterocycles. The Morgan fingerprint density at radius 1 is 1.15 bits per heavy atom. The van der Waals surface area contributed by atoms with Crippen LogP contribution in [0.5, 0.6) is 0 Å². The van der Waals surface area contributed by atoms with Crippen molar-refractivity contribution in [3.8, 4) is 0 Å². The Labute approximate surface area is 209 Å². The van der Waals surface area contributed by atoms with Gasteiger partial charge in [-0.3, -0.25) is 19.5 Å². The van der Waals surface area contributed by atoms with Gasteiger partial charge in [0.05, 0.1) is 29.8 Å². The van der Waals surface area contributed by atoms with E-state index in [0.29, 0.717) is 32.4 Å². The number of hydrogen-bond acceptors (Lipinski definition) is 4. The highest BCUT2D eigenvalue weighted by atomic mass is 79.9. The van der Waals surface area contributed by atoms with E-state index in [1.54, 1.807) is 54.3 Å². The fourth-order valence-corrected chi connectivity index (χ4v) is 4.41. The van der Waals surface area contributed by atoms with E-state index in [4.69, 9.17) is 27.9 Å². The van der Waals surface area contributed by atoms with Crippen LogP contribution in [0.4, 0.5) is 0 Å². The largest absolute Gasteiger partial charge is 0.481 e. The van der Waals surface area contributed by atoms with E-state index in [1.165, 1.54) is 6.20 Å². The van der Waals surface area contributed by atoms with Crippen LogP contribution in [-0.2, 0) is 21.8 Å². The summed E-state index contributed by atoms with van der Waals surface area (Å²) in [6.45, 7) is 1.56. The molecule has 4 rings (SSSR count). The number of aliphatic carboxylic acids is 1. The van der Waals surface area contributed by atoms with Crippen LogP contribution in [0, 0.1) is 5.92 Å². The number of nitrogens with zero attached hydrogens (tertiary/aromatic N) is 2. The molecule has 3 aromatic rings. The van der Waals surface area contributed by atoms with Crippen molar-refractivity contribution >= 4 is 51.0 Å². The standard InChI is InChI=1S/C24H19BrCl2N2O4/c1-14(23(31)32)13-33-24(15-2-5-17(26)6-3-15)21-9-4-16(25)10-20(21)22(30)29(24)12-19-8-7-18(27)11-28-19/h2-11,14H,12-13H2,1H3,(H,31,32). The van der Waals surface area contributed by atoms with E-state index >= 15 is 0 Å². The number of carboxylic acids is 1. The molecule has 9 heteroatoms. The maximum atomic E-state index is 13.7. The van der Waals surface area contributed by atoms with Crippen molar-refractivity contribution in [3.05, 3.63) is 97.7 Å². The zero-order valence-corrected chi connectivity index (χ0v) is 20.6. The summed E-state index contributed by atoms with van der Waals surface area (Å²) in [5.41, 5.74) is 0.949. The van der Waals surface area contributed by atoms with Gasteiger partial charge in [-0.1, -0.05) is 57.3 Å². The van der Waals surface area contributed by atoms with Crippen LogP contribution in [0.3, 0.4) is 0 Å². The molecule has 0 fully saturated rings. The molecule has 1 N–H and O–H groups in total. The number of pyridine rings is 1. The number of halogens is 3. The van der Waals surface area contributed by atoms with Gasteiger partial charge < -0.3 is 9.84 Å². The molecule has 1 aliphatic heterocycles. The lowest BCUT2D eigenvalue weighted by Gasteiger charge is -2.40. The summed E-state index contributed by atoms with van der Waals surface area (Å²) in [6.07, 6.45) is 1.51. The first-order chi connectivity index (χ1) is 15.7. The molecule has 170 valence electrons. The predicted octanol–water partition coefficient (Wildman–Crippen LogP) is 5.75. The van der Waals surface area contributed by atoms with Crippen molar-refractivity contribution < 1.29 is 19.4 Å². The lowest BCUT2D eigenvalue weighted by Crippen LogP contribution is -2.47. The van der Waals surface area contributed by atoms with E-state index in [1.807, 2.05) is 12.1 Å². The van der Waals surface area contributed by atoms with Crippen molar-refractivity contribution in [2.45, 2.75) is 19.2 Å². The second kappa shape index (κ2) is 9.43. The minimum Gasteiger partial charge on any atom is -0.481 e. The number of carbonyl (C=O) groups excluding carboxylic acids is 1. The van der Waals surface area contributed by atoms with Gasteiger partial charge in [0.2, 0.25) is 0 Å². The van der Waals surface area contributed by atoms with E-state index in [-0.39, 0.29) is 19.1 Å². The molecule has 2 heterocycles. The van der Waals surface area contributed by atoms with Crippen molar-refractivity contribution in [3.63, 3.8) is 0 Å². The molecule has 0 bridgehead atoms. The van der Waals surface area contributed by atoms with Crippen molar-refractivity contribution in [2.75, 3.05) is 6.61 Å². The van der Waals surface area contributed by atoms with Gasteiger partial charge in [-0.15, -0.1) is 0 Å². The van der Waals surface area contributed by atoms with Crippen molar-refractivity contribution in [2.24, 2.45) is 5.92 Å². The molecule has 0 spiro atoms. The minimum absolute atomic E-state index is 0.117. The highest BCUT2D eigenvalue weighted by molar-refractivity contribution is 9.10. The Kier molecular flexibility index (Phi) is 6.77.